The van der Waals surface area contributed by atoms with Crippen LogP contribution in [0.1, 0.15) is 257 Å². The summed E-state index contributed by atoms with van der Waals surface area (Å²) in [5, 5.41) is 10.8. The number of aliphatic imine (C=N–C) groups is 4. The van der Waals surface area contributed by atoms with Gasteiger partial charge in [-0.3, -0.25) is 0 Å². The summed E-state index contributed by atoms with van der Waals surface area (Å²) in [4.78, 5) is 22.0. The maximum absolute atomic E-state index is 10.8. The van der Waals surface area contributed by atoms with Crippen LogP contribution < -0.4 is 0 Å². The molecule has 1 N–H and O–H groups in total. The number of phenols is 1. The summed E-state index contributed by atoms with van der Waals surface area (Å²) in [5.74, 6) is 0.241. The van der Waals surface area contributed by atoms with Gasteiger partial charge in [-0.2, -0.15) is 0 Å². The second-order valence-corrected chi connectivity index (χ2v) is 21.1. The lowest BCUT2D eigenvalue weighted by Crippen LogP contribution is -2.04. The number of allylic oxidation sites excluding steroid dienone is 12. The Morgan fingerprint density at radius 1 is 0.314 bits per heavy atom. The fourth-order valence-electron chi connectivity index (χ4n) is 10.9. The van der Waals surface area contributed by atoms with Crippen LogP contribution >= 0.6 is 0 Å². The zero-order valence-electron chi connectivity index (χ0n) is 44.6. The molecule has 1 aromatic carbocycles. The molecule has 5 aliphatic heterocycles. The molecule has 0 fully saturated rings. The fourth-order valence-corrected chi connectivity index (χ4v) is 10.9. The van der Waals surface area contributed by atoms with Gasteiger partial charge in [0.2, 0.25) is 0 Å². The fraction of sp³-hybridized carbons (Fsp3) is 0.600. The summed E-state index contributed by atoms with van der Waals surface area (Å²) < 4.78 is 0. The van der Waals surface area contributed by atoms with E-state index in [4.69, 9.17) is 20.0 Å². The minimum Gasteiger partial charge on any atom is -0.508 e. The Balaban J connectivity index is 1.26. The molecule has 5 aliphatic rings. The molecule has 380 valence electrons. The van der Waals surface area contributed by atoms with Gasteiger partial charge in [0.1, 0.15) is 5.75 Å². The molecule has 0 radical (unpaired) electrons. The van der Waals surface area contributed by atoms with Crippen molar-refractivity contribution in [1.82, 2.24) is 0 Å². The van der Waals surface area contributed by atoms with Crippen LogP contribution in [0.2, 0.25) is 0 Å². The Labute approximate surface area is 427 Å². The van der Waals surface area contributed by atoms with E-state index >= 15 is 0 Å². The van der Waals surface area contributed by atoms with Crippen LogP contribution in [0.5, 0.6) is 5.75 Å². The van der Waals surface area contributed by atoms with Crippen molar-refractivity contribution in [3.63, 3.8) is 0 Å². The zero-order valence-corrected chi connectivity index (χ0v) is 44.6. The molecule has 5 nitrogen and oxygen atoms in total. The van der Waals surface area contributed by atoms with Crippen molar-refractivity contribution < 1.29 is 5.11 Å². The molecule has 0 aromatic heterocycles. The van der Waals surface area contributed by atoms with E-state index in [-0.39, 0.29) is 5.75 Å². The Kier molecular flexibility index (Phi) is 25.6. The number of aromatic hydroxyl groups is 1. The monoisotopic (exact) mass is 947 g/mol. The van der Waals surface area contributed by atoms with Gasteiger partial charge in [-0.1, -0.05) is 226 Å². The number of unbranched alkanes of at least 4 members (excludes halogenated alkanes) is 30. The highest BCUT2D eigenvalue weighted by molar-refractivity contribution is 6.33. The number of phenolic OH excluding ortho intramolecular Hbond substituents is 1. The molecular formula is C65H94N4O. The summed E-state index contributed by atoms with van der Waals surface area (Å²) in [7, 11) is 0. The summed E-state index contributed by atoms with van der Waals surface area (Å²) in [6.07, 6.45) is 64.3. The zero-order chi connectivity index (χ0) is 48.9. The summed E-state index contributed by atoms with van der Waals surface area (Å²) >= 11 is 0. The first kappa shape index (κ1) is 54.9. The lowest BCUT2D eigenvalue weighted by molar-refractivity contribution is 0.475. The van der Waals surface area contributed by atoms with Crippen LogP contribution in [0, 0.1) is 0 Å². The van der Waals surface area contributed by atoms with E-state index < -0.39 is 0 Å². The molecule has 0 atom stereocenters. The van der Waals surface area contributed by atoms with Gasteiger partial charge in [-0.05, 0) is 105 Å². The van der Waals surface area contributed by atoms with Crippen molar-refractivity contribution in [2.45, 2.75) is 252 Å². The second kappa shape index (κ2) is 32.6. The Hall–Kier alpha value is -4.38. The van der Waals surface area contributed by atoms with Gasteiger partial charge in [0.05, 0.1) is 45.6 Å². The van der Waals surface area contributed by atoms with E-state index in [0.29, 0.717) is 0 Å². The molecule has 8 bridgehead atoms. The predicted molar refractivity (Wildman–Crippen MR) is 306 cm³/mol. The number of hydrogen-bond acceptors (Lipinski definition) is 5. The van der Waals surface area contributed by atoms with Crippen molar-refractivity contribution in [2.24, 2.45) is 20.0 Å². The minimum absolute atomic E-state index is 0.241. The predicted octanol–water partition coefficient (Wildman–Crippen LogP) is 20.0. The Bertz CT molecular complexity index is 2150. The van der Waals surface area contributed by atoms with Crippen LogP contribution in [0.4, 0.5) is 0 Å². The van der Waals surface area contributed by atoms with Gasteiger partial charge in [0, 0.05) is 22.3 Å². The van der Waals surface area contributed by atoms with Gasteiger partial charge < -0.3 is 5.11 Å². The molecule has 0 saturated carbocycles. The largest absolute Gasteiger partial charge is 0.508 e. The maximum atomic E-state index is 10.8. The Morgan fingerprint density at radius 2 is 0.600 bits per heavy atom. The second-order valence-electron chi connectivity index (χ2n) is 21.1. The number of hydrogen-bond donors (Lipinski definition) is 1. The van der Waals surface area contributed by atoms with Gasteiger partial charge in [0.25, 0.3) is 0 Å². The smallest absolute Gasteiger partial charge is 0.116 e. The highest BCUT2D eigenvalue weighted by Gasteiger charge is 2.26. The first-order valence-electron chi connectivity index (χ1n) is 29.4. The van der Waals surface area contributed by atoms with Crippen molar-refractivity contribution in [2.75, 3.05) is 0 Å². The normalized spacial score (nSPS) is 16.2. The maximum Gasteiger partial charge on any atom is 0.116 e. The van der Waals surface area contributed by atoms with Crippen LogP contribution in [0.15, 0.2) is 132 Å². The first-order chi connectivity index (χ1) is 34.6. The summed E-state index contributed by atoms with van der Waals surface area (Å²) in [6.45, 7) is 6.90. The van der Waals surface area contributed by atoms with E-state index in [2.05, 4.69) is 75.4 Å². The van der Waals surface area contributed by atoms with Crippen LogP contribution in [0.3, 0.4) is 0 Å². The van der Waals surface area contributed by atoms with Gasteiger partial charge >= 0.3 is 0 Å². The third kappa shape index (κ3) is 18.3. The SMILES string of the molecule is CCCCCCCCCCCCCC1=C2C=CC(=N2)C(CCCCCCCCCCCCC)=C2C=CC(=N2)C(c2cccc(O)c2)=C2C=CC(=N2)C(CCCCCCCCCCCCC)=C2C=CC1=N2. The summed E-state index contributed by atoms with van der Waals surface area (Å²) in [6, 6.07) is 7.59. The van der Waals surface area contributed by atoms with Crippen LogP contribution in [-0.4, -0.2) is 28.0 Å². The van der Waals surface area contributed by atoms with Crippen molar-refractivity contribution in [1.29, 1.82) is 0 Å². The molecule has 1 aromatic rings. The molecule has 5 heteroatoms. The quantitative estimate of drug-likeness (QED) is 0.0664. The number of fused-ring (bicyclic) bond motifs is 4. The highest BCUT2D eigenvalue weighted by Crippen LogP contribution is 2.36. The lowest BCUT2D eigenvalue weighted by atomic mass is 9.98. The standard InChI is InChI=1S/C65H94N4O/c1-4-7-10-13-16-19-22-25-28-31-34-40-54-57-43-45-59(66-57)55(41-35-32-29-26-23-20-17-14-11-8-5-2)61-47-49-63(68-61)65(52-38-37-39-53(70)51-52)64-50-48-62(69-64)56(60-46-44-58(54)67-60)42-36-33-30-27-24-21-18-15-12-9-6-3/h37-39,43-51,70H,4-36,40-42H2,1-3H3. The third-order valence-corrected chi connectivity index (χ3v) is 15.2. The molecule has 0 amide bonds. The molecule has 6 rings (SSSR count). The van der Waals surface area contributed by atoms with Gasteiger partial charge in [-0.15, -0.1) is 0 Å². The molecule has 0 aliphatic carbocycles. The van der Waals surface area contributed by atoms with Crippen molar-refractivity contribution in [3.05, 3.63) is 118 Å². The van der Waals surface area contributed by atoms with E-state index in [1.54, 1.807) is 6.07 Å². The average molecular weight is 947 g/mol. The average Bonchev–Trinajstić information content (AvgIpc) is 4.23. The number of nitrogens with zero attached hydrogens (tertiary/aromatic N) is 4. The molecule has 0 saturated heterocycles. The van der Waals surface area contributed by atoms with E-state index in [1.165, 1.54) is 209 Å². The minimum atomic E-state index is 0.241. The number of benzene rings is 1. The molecule has 0 unspecified atom stereocenters. The van der Waals surface area contributed by atoms with Gasteiger partial charge in [-0.25, -0.2) is 20.0 Å². The van der Waals surface area contributed by atoms with E-state index in [1.807, 2.05) is 12.1 Å². The van der Waals surface area contributed by atoms with Crippen LogP contribution in [-0.2, 0) is 0 Å². The topological polar surface area (TPSA) is 69.7 Å². The highest BCUT2D eigenvalue weighted by atomic mass is 16.3. The van der Waals surface area contributed by atoms with E-state index in [0.717, 1.165) is 95.3 Å². The van der Waals surface area contributed by atoms with Crippen LogP contribution in [0.25, 0.3) is 5.57 Å². The first-order valence-corrected chi connectivity index (χ1v) is 29.4. The third-order valence-electron chi connectivity index (χ3n) is 15.2. The molecular weight excluding hydrogens is 853 g/mol. The van der Waals surface area contributed by atoms with Crippen molar-refractivity contribution in [3.8, 4) is 5.75 Å². The van der Waals surface area contributed by atoms with Crippen molar-refractivity contribution >= 4 is 28.4 Å². The summed E-state index contributed by atoms with van der Waals surface area (Å²) in [5.41, 5.74) is 13.5. The Morgan fingerprint density at radius 3 is 0.943 bits per heavy atom. The molecule has 5 heterocycles. The van der Waals surface area contributed by atoms with E-state index in [9.17, 15) is 5.11 Å². The molecule has 70 heavy (non-hydrogen) atoms. The molecule has 0 spiro atoms. The van der Waals surface area contributed by atoms with Gasteiger partial charge in [0.15, 0.2) is 0 Å². The lowest BCUT2D eigenvalue weighted by Gasteiger charge is -2.12. The number of rotatable bonds is 37.